The van der Waals surface area contributed by atoms with Gasteiger partial charge in [-0.2, -0.15) is 0 Å². The number of fused-ring (bicyclic) bond motifs is 1. The molecule has 118 valence electrons. The molecule has 0 aliphatic rings. The van der Waals surface area contributed by atoms with Gasteiger partial charge in [-0.05, 0) is 36.4 Å². The Morgan fingerprint density at radius 2 is 2.00 bits per heavy atom. The van der Waals surface area contributed by atoms with Crippen molar-refractivity contribution in [1.29, 1.82) is 0 Å². The average molecular weight is 319 g/mol. The quantitative estimate of drug-likeness (QED) is 0.623. The zero-order valence-corrected chi connectivity index (χ0v) is 12.6. The van der Waals surface area contributed by atoms with E-state index in [1.54, 1.807) is 18.5 Å². The fourth-order valence-corrected chi connectivity index (χ4v) is 2.68. The Morgan fingerprint density at radius 3 is 2.75 bits per heavy atom. The van der Waals surface area contributed by atoms with Crippen LogP contribution in [-0.4, -0.2) is 25.6 Å². The second-order valence-corrected chi connectivity index (χ2v) is 5.32. The first kappa shape index (κ1) is 14.2. The first-order valence-electron chi connectivity index (χ1n) is 7.40. The lowest BCUT2D eigenvalue weighted by Gasteiger charge is -2.07. The number of carboxylic acid groups (broad SMARTS) is 1. The molecule has 0 saturated carbocycles. The molecule has 4 aromatic rings. The van der Waals surface area contributed by atoms with Gasteiger partial charge >= 0.3 is 5.97 Å². The van der Waals surface area contributed by atoms with Crippen LogP contribution >= 0.6 is 0 Å². The highest BCUT2D eigenvalue weighted by Crippen LogP contribution is 2.25. The summed E-state index contributed by atoms with van der Waals surface area (Å²) in [6.45, 7) is 0.387. The minimum Gasteiger partial charge on any atom is -0.475 e. The summed E-state index contributed by atoms with van der Waals surface area (Å²) < 4.78 is 7.39. The fourth-order valence-electron chi connectivity index (χ4n) is 2.68. The summed E-state index contributed by atoms with van der Waals surface area (Å²) in [6.07, 6.45) is 3.46. The lowest BCUT2D eigenvalue weighted by molar-refractivity contribution is 0.0660. The number of pyridine rings is 1. The predicted molar refractivity (Wildman–Crippen MR) is 87.7 cm³/mol. The van der Waals surface area contributed by atoms with Gasteiger partial charge < -0.3 is 14.1 Å². The summed E-state index contributed by atoms with van der Waals surface area (Å²) in [5.41, 5.74) is 2.70. The number of imidazole rings is 1. The summed E-state index contributed by atoms with van der Waals surface area (Å²) in [4.78, 5) is 19.8. The smallest absolute Gasteiger partial charge is 0.371 e. The van der Waals surface area contributed by atoms with Crippen molar-refractivity contribution >= 4 is 17.0 Å². The third-order valence-electron chi connectivity index (χ3n) is 3.76. The van der Waals surface area contributed by atoms with Crippen LogP contribution in [0.5, 0.6) is 0 Å². The Balaban J connectivity index is 1.84. The minimum absolute atomic E-state index is 0.0719. The van der Waals surface area contributed by atoms with Gasteiger partial charge in [-0.1, -0.05) is 12.1 Å². The molecule has 0 bridgehead atoms. The number of para-hydroxylation sites is 2. The van der Waals surface area contributed by atoms with Gasteiger partial charge in [0.1, 0.15) is 11.6 Å². The average Bonchev–Trinajstić information content (AvgIpc) is 3.22. The van der Waals surface area contributed by atoms with Crippen molar-refractivity contribution in [3.05, 3.63) is 72.4 Å². The number of carbonyl (C=O) groups is 1. The molecule has 6 heteroatoms. The van der Waals surface area contributed by atoms with E-state index in [1.807, 2.05) is 41.0 Å². The zero-order valence-electron chi connectivity index (χ0n) is 12.6. The number of benzene rings is 1. The number of aromatic nitrogens is 3. The molecule has 3 aromatic heterocycles. The summed E-state index contributed by atoms with van der Waals surface area (Å²) >= 11 is 0. The Bertz CT molecular complexity index is 1020. The Morgan fingerprint density at radius 1 is 1.12 bits per heavy atom. The van der Waals surface area contributed by atoms with E-state index >= 15 is 0 Å². The van der Waals surface area contributed by atoms with E-state index < -0.39 is 5.97 Å². The summed E-state index contributed by atoms with van der Waals surface area (Å²) in [7, 11) is 0. The van der Waals surface area contributed by atoms with Crippen molar-refractivity contribution in [3.8, 4) is 11.4 Å². The van der Waals surface area contributed by atoms with E-state index in [4.69, 9.17) is 9.52 Å². The van der Waals surface area contributed by atoms with Gasteiger partial charge in [0.05, 0.1) is 17.6 Å². The lowest BCUT2D eigenvalue weighted by Crippen LogP contribution is -2.02. The van der Waals surface area contributed by atoms with Gasteiger partial charge in [-0.15, -0.1) is 0 Å². The molecule has 0 atom stereocenters. The van der Waals surface area contributed by atoms with Gasteiger partial charge in [0.2, 0.25) is 5.76 Å². The van der Waals surface area contributed by atoms with E-state index in [0.717, 1.165) is 22.4 Å². The summed E-state index contributed by atoms with van der Waals surface area (Å²) in [5, 5.41) is 9.01. The van der Waals surface area contributed by atoms with E-state index in [9.17, 15) is 4.79 Å². The van der Waals surface area contributed by atoms with Crippen molar-refractivity contribution in [3.63, 3.8) is 0 Å². The van der Waals surface area contributed by atoms with Crippen molar-refractivity contribution in [2.75, 3.05) is 0 Å². The van der Waals surface area contributed by atoms with Crippen LogP contribution in [0.3, 0.4) is 0 Å². The largest absolute Gasteiger partial charge is 0.475 e. The Kier molecular flexibility index (Phi) is 3.35. The van der Waals surface area contributed by atoms with E-state index in [0.29, 0.717) is 12.3 Å². The number of nitrogens with zero attached hydrogens (tertiary/aromatic N) is 3. The van der Waals surface area contributed by atoms with Crippen molar-refractivity contribution in [1.82, 2.24) is 14.5 Å². The van der Waals surface area contributed by atoms with Crippen molar-refractivity contribution in [2.45, 2.75) is 6.54 Å². The van der Waals surface area contributed by atoms with Crippen LogP contribution in [0.1, 0.15) is 16.3 Å². The zero-order chi connectivity index (χ0) is 16.5. The second-order valence-electron chi connectivity index (χ2n) is 5.32. The molecule has 0 radical (unpaired) electrons. The molecule has 1 aromatic carbocycles. The second kappa shape index (κ2) is 5.66. The molecule has 0 spiro atoms. The molecule has 3 heterocycles. The highest BCUT2D eigenvalue weighted by atomic mass is 16.4. The molecule has 0 unspecified atom stereocenters. The molecule has 24 heavy (non-hydrogen) atoms. The van der Waals surface area contributed by atoms with Crippen LogP contribution in [0.15, 0.2) is 65.3 Å². The Labute approximate surface area is 137 Å². The Hall–Kier alpha value is -3.41. The molecule has 0 amide bonds. The topological polar surface area (TPSA) is 81.1 Å². The van der Waals surface area contributed by atoms with Gasteiger partial charge in [0.15, 0.2) is 0 Å². The van der Waals surface area contributed by atoms with Gasteiger partial charge in [-0.25, -0.2) is 9.78 Å². The molecular weight excluding hydrogens is 306 g/mol. The number of rotatable bonds is 4. The standard InChI is InChI=1S/C18H13N3O3/c22-18(23)16-8-7-13(24-16)11-21-15-6-2-1-5-14(15)20-17(21)12-4-3-9-19-10-12/h1-10H,11H2,(H,22,23). The maximum Gasteiger partial charge on any atom is 0.371 e. The van der Waals surface area contributed by atoms with Crippen molar-refractivity contribution in [2.24, 2.45) is 0 Å². The normalized spacial score (nSPS) is 11.0. The van der Waals surface area contributed by atoms with Crippen LogP contribution < -0.4 is 0 Å². The maximum atomic E-state index is 11.0. The summed E-state index contributed by atoms with van der Waals surface area (Å²) in [6, 6.07) is 14.7. The minimum atomic E-state index is -1.08. The molecular formula is C18H13N3O3. The molecule has 0 aliphatic heterocycles. The fraction of sp³-hybridized carbons (Fsp3) is 0.0556. The molecule has 4 rings (SSSR count). The van der Waals surface area contributed by atoms with Crippen LogP contribution in [0.25, 0.3) is 22.4 Å². The first-order valence-corrected chi connectivity index (χ1v) is 7.40. The molecule has 6 nitrogen and oxygen atoms in total. The number of aromatic carboxylic acids is 1. The van der Waals surface area contributed by atoms with Crippen LogP contribution in [0.4, 0.5) is 0 Å². The predicted octanol–water partition coefficient (Wildman–Crippen LogP) is 3.44. The SMILES string of the molecule is O=C(O)c1ccc(Cn2c(-c3cccnc3)nc3ccccc32)o1. The molecule has 0 saturated heterocycles. The lowest BCUT2D eigenvalue weighted by atomic mass is 10.2. The van der Waals surface area contributed by atoms with Gasteiger partial charge in [0, 0.05) is 18.0 Å². The highest BCUT2D eigenvalue weighted by Gasteiger charge is 2.15. The molecule has 1 N–H and O–H groups in total. The monoisotopic (exact) mass is 319 g/mol. The van der Waals surface area contributed by atoms with Crippen molar-refractivity contribution < 1.29 is 14.3 Å². The van der Waals surface area contributed by atoms with Crippen LogP contribution in [-0.2, 0) is 6.54 Å². The molecule has 0 aliphatic carbocycles. The number of furan rings is 1. The number of hydrogen-bond acceptors (Lipinski definition) is 4. The van der Waals surface area contributed by atoms with E-state index in [-0.39, 0.29) is 5.76 Å². The number of carboxylic acids is 1. The van der Waals surface area contributed by atoms with Gasteiger partial charge in [-0.3, -0.25) is 4.98 Å². The highest BCUT2D eigenvalue weighted by molar-refractivity contribution is 5.84. The summed E-state index contributed by atoms with van der Waals surface area (Å²) in [5.74, 6) is 0.167. The maximum absolute atomic E-state index is 11.0. The van der Waals surface area contributed by atoms with Crippen LogP contribution in [0.2, 0.25) is 0 Å². The third-order valence-corrected chi connectivity index (χ3v) is 3.76. The number of hydrogen-bond donors (Lipinski definition) is 1. The first-order chi connectivity index (χ1) is 11.7. The van der Waals surface area contributed by atoms with Gasteiger partial charge in [0.25, 0.3) is 0 Å². The third kappa shape index (κ3) is 2.44. The van der Waals surface area contributed by atoms with E-state index in [1.165, 1.54) is 6.07 Å². The molecule has 0 fully saturated rings. The van der Waals surface area contributed by atoms with E-state index in [2.05, 4.69) is 9.97 Å². The van der Waals surface area contributed by atoms with Crippen LogP contribution in [0, 0.1) is 0 Å².